The van der Waals surface area contributed by atoms with Gasteiger partial charge in [-0.1, -0.05) is 12.8 Å². The van der Waals surface area contributed by atoms with Crippen molar-refractivity contribution in [1.82, 2.24) is 15.5 Å². The highest BCUT2D eigenvalue weighted by Gasteiger charge is 2.35. The van der Waals surface area contributed by atoms with Crippen LogP contribution < -0.4 is 10.6 Å². The average Bonchev–Trinajstić information content (AvgIpc) is 2.88. The molecule has 2 unspecified atom stereocenters. The molecule has 0 aromatic heterocycles. The van der Waals surface area contributed by atoms with Gasteiger partial charge in [-0.3, -0.25) is 0 Å². The maximum Gasteiger partial charge on any atom is 0.0620 e. The van der Waals surface area contributed by atoms with Gasteiger partial charge in [0.15, 0.2) is 0 Å². The molecule has 0 radical (unpaired) electrons. The van der Waals surface area contributed by atoms with E-state index in [9.17, 15) is 0 Å². The van der Waals surface area contributed by atoms with Crippen LogP contribution in [-0.2, 0) is 4.74 Å². The minimum Gasteiger partial charge on any atom is -0.379 e. The van der Waals surface area contributed by atoms with Gasteiger partial charge in [0.1, 0.15) is 0 Å². The fourth-order valence-electron chi connectivity index (χ4n) is 3.46. The van der Waals surface area contributed by atoms with Crippen LogP contribution >= 0.6 is 0 Å². The molecule has 0 bridgehead atoms. The van der Waals surface area contributed by atoms with Crippen molar-refractivity contribution >= 4 is 0 Å². The number of likely N-dealkylation sites (N-methyl/N-ethyl adjacent to an activating group) is 1. The fourth-order valence-corrected chi connectivity index (χ4v) is 3.46. The first-order valence-electron chi connectivity index (χ1n) is 7.84. The summed E-state index contributed by atoms with van der Waals surface area (Å²) in [4.78, 5) is 2.43. The number of ether oxygens (including phenoxy) is 1. The maximum absolute atomic E-state index is 5.52. The molecule has 4 heteroatoms. The second kappa shape index (κ2) is 7.02. The Labute approximate surface area is 118 Å². The van der Waals surface area contributed by atoms with E-state index in [1.165, 1.54) is 25.7 Å². The molecule has 0 amide bonds. The largest absolute Gasteiger partial charge is 0.379 e. The summed E-state index contributed by atoms with van der Waals surface area (Å²) in [6.45, 7) is 6.15. The molecule has 4 nitrogen and oxygen atoms in total. The molecule has 0 aromatic rings. The van der Waals surface area contributed by atoms with Crippen LogP contribution in [0.4, 0.5) is 0 Å². The van der Waals surface area contributed by atoms with Gasteiger partial charge < -0.3 is 20.3 Å². The number of nitrogens with one attached hydrogen (secondary N) is 2. The molecule has 2 aliphatic rings. The van der Waals surface area contributed by atoms with Crippen molar-refractivity contribution in [2.24, 2.45) is 0 Å². The highest BCUT2D eigenvalue weighted by molar-refractivity contribution is 4.95. The normalized spacial score (nSPS) is 28.7. The molecule has 1 saturated heterocycles. The summed E-state index contributed by atoms with van der Waals surface area (Å²) in [5.41, 5.74) is 0.394. The second-order valence-electron chi connectivity index (χ2n) is 6.57. The standard InChI is InChI=1S/C15H31N3O/c1-13(10-14-11-19-9-8-16-14)17-12-15(18(2)3)6-4-5-7-15/h13-14,16-17H,4-12H2,1-3H3. The lowest BCUT2D eigenvalue weighted by atomic mass is 9.95. The summed E-state index contributed by atoms with van der Waals surface area (Å²) >= 11 is 0. The van der Waals surface area contributed by atoms with E-state index >= 15 is 0 Å². The first-order valence-corrected chi connectivity index (χ1v) is 7.84. The Hall–Kier alpha value is -0.160. The van der Waals surface area contributed by atoms with E-state index in [4.69, 9.17) is 4.74 Å². The summed E-state index contributed by atoms with van der Waals surface area (Å²) in [5.74, 6) is 0. The predicted octanol–water partition coefficient (Wildman–Crippen LogP) is 1.22. The molecule has 2 rings (SSSR count). The molecule has 0 spiro atoms. The zero-order valence-corrected chi connectivity index (χ0v) is 12.9. The van der Waals surface area contributed by atoms with Gasteiger partial charge in [-0.2, -0.15) is 0 Å². The SMILES string of the molecule is CC(CC1COCCN1)NCC1(N(C)C)CCCC1. The monoisotopic (exact) mass is 269 g/mol. The number of hydrogen-bond donors (Lipinski definition) is 2. The minimum absolute atomic E-state index is 0.394. The Kier molecular flexibility index (Phi) is 5.63. The van der Waals surface area contributed by atoms with Crippen molar-refractivity contribution in [3.63, 3.8) is 0 Å². The van der Waals surface area contributed by atoms with Gasteiger partial charge in [0.25, 0.3) is 0 Å². The fraction of sp³-hybridized carbons (Fsp3) is 1.00. The Morgan fingerprint density at radius 2 is 2.11 bits per heavy atom. The Bertz CT molecular complexity index is 258. The van der Waals surface area contributed by atoms with Crippen LogP contribution in [0.25, 0.3) is 0 Å². The lowest BCUT2D eigenvalue weighted by Gasteiger charge is -2.38. The summed E-state index contributed by atoms with van der Waals surface area (Å²) in [6.07, 6.45) is 6.59. The van der Waals surface area contributed by atoms with E-state index in [0.29, 0.717) is 17.6 Å². The molecule has 2 fully saturated rings. The lowest BCUT2D eigenvalue weighted by Crippen LogP contribution is -2.52. The maximum atomic E-state index is 5.52. The van der Waals surface area contributed by atoms with E-state index in [1.807, 2.05) is 0 Å². The van der Waals surface area contributed by atoms with Gasteiger partial charge in [0.2, 0.25) is 0 Å². The molecule has 112 valence electrons. The third-order valence-electron chi connectivity index (χ3n) is 4.90. The van der Waals surface area contributed by atoms with Gasteiger partial charge in [-0.05, 0) is 40.3 Å². The van der Waals surface area contributed by atoms with E-state index < -0.39 is 0 Å². The Morgan fingerprint density at radius 1 is 1.37 bits per heavy atom. The predicted molar refractivity (Wildman–Crippen MR) is 79.6 cm³/mol. The van der Waals surface area contributed by atoms with Crippen LogP contribution in [0.15, 0.2) is 0 Å². The van der Waals surface area contributed by atoms with Crippen molar-refractivity contribution < 1.29 is 4.74 Å². The van der Waals surface area contributed by atoms with E-state index in [1.54, 1.807) is 0 Å². The zero-order valence-electron chi connectivity index (χ0n) is 12.9. The van der Waals surface area contributed by atoms with Crippen LogP contribution in [0.2, 0.25) is 0 Å². The zero-order chi connectivity index (χ0) is 13.7. The summed E-state index contributed by atoms with van der Waals surface area (Å²) in [7, 11) is 4.46. The Balaban J connectivity index is 1.73. The molecular formula is C15H31N3O. The third kappa shape index (κ3) is 4.15. The number of nitrogens with zero attached hydrogens (tertiary/aromatic N) is 1. The van der Waals surface area contributed by atoms with Gasteiger partial charge in [-0.15, -0.1) is 0 Å². The molecule has 0 aromatic carbocycles. The second-order valence-corrected chi connectivity index (χ2v) is 6.57. The van der Waals surface area contributed by atoms with Crippen molar-refractivity contribution in [1.29, 1.82) is 0 Å². The van der Waals surface area contributed by atoms with Gasteiger partial charge >= 0.3 is 0 Å². The topological polar surface area (TPSA) is 36.5 Å². The van der Waals surface area contributed by atoms with Gasteiger partial charge in [-0.25, -0.2) is 0 Å². The molecule has 1 saturated carbocycles. The van der Waals surface area contributed by atoms with E-state index in [2.05, 4.69) is 36.6 Å². The van der Waals surface area contributed by atoms with Gasteiger partial charge in [0.05, 0.1) is 13.2 Å². The van der Waals surface area contributed by atoms with E-state index in [-0.39, 0.29) is 0 Å². The molecule has 19 heavy (non-hydrogen) atoms. The minimum atomic E-state index is 0.394. The number of morpholine rings is 1. The quantitative estimate of drug-likeness (QED) is 0.760. The molecule has 1 heterocycles. The van der Waals surface area contributed by atoms with Crippen LogP contribution in [0, 0.1) is 0 Å². The van der Waals surface area contributed by atoms with Crippen LogP contribution in [0.1, 0.15) is 39.0 Å². The highest BCUT2D eigenvalue weighted by Crippen LogP contribution is 2.33. The molecule has 2 N–H and O–H groups in total. The van der Waals surface area contributed by atoms with Crippen LogP contribution in [0.3, 0.4) is 0 Å². The number of rotatable bonds is 6. The highest BCUT2D eigenvalue weighted by atomic mass is 16.5. The van der Waals surface area contributed by atoms with Crippen molar-refractivity contribution in [2.45, 2.75) is 56.7 Å². The third-order valence-corrected chi connectivity index (χ3v) is 4.90. The summed E-state index contributed by atoms with van der Waals surface area (Å²) < 4.78 is 5.52. The van der Waals surface area contributed by atoms with Gasteiger partial charge in [0, 0.05) is 30.7 Å². The summed E-state index contributed by atoms with van der Waals surface area (Å²) in [6, 6.07) is 1.08. The average molecular weight is 269 g/mol. The van der Waals surface area contributed by atoms with Crippen LogP contribution in [-0.4, -0.2) is 62.9 Å². The van der Waals surface area contributed by atoms with Crippen LogP contribution in [0.5, 0.6) is 0 Å². The van der Waals surface area contributed by atoms with Crippen molar-refractivity contribution in [2.75, 3.05) is 40.4 Å². The molecule has 2 atom stereocenters. The first-order chi connectivity index (χ1) is 9.12. The van der Waals surface area contributed by atoms with Crippen molar-refractivity contribution in [3.05, 3.63) is 0 Å². The van der Waals surface area contributed by atoms with E-state index in [0.717, 1.165) is 32.7 Å². The summed E-state index contributed by atoms with van der Waals surface area (Å²) in [5, 5.41) is 7.29. The molecular weight excluding hydrogens is 238 g/mol. The smallest absolute Gasteiger partial charge is 0.0620 e. The number of hydrogen-bond acceptors (Lipinski definition) is 4. The Morgan fingerprint density at radius 3 is 2.68 bits per heavy atom. The lowest BCUT2D eigenvalue weighted by molar-refractivity contribution is 0.0699. The molecule has 1 aliphatic carbocycles. The molecule has 1 aliphatic heterocycles. The van der Waals surface area contributed by atoms with Crippen molar-refractivity contribution in [3.8, 4) is 0 Å². The first kappa shape index (κ1) is 15.2.